The molecule has 2 bridgehead atoms. The highest BCUT2D eigenvalue weighted by Gasteiger charge is 2.80. The lowest BCUT2D eigenvalue weighted by Gasteiger charge is -2.75. The average Bonchev–Trinajstić information content (AvgIpc) is 3.55. The molecule has 4 aliphatic heterocycles. The molecule has 1 spiro atoms. The fourth-order valence-electron chi connectivity index (χ4n) is 16.2. The quantitative estimate of drug-likeness (QED) is 0.104. The van der Waals surface area contributed by atoms with Crippen molar-refractivity contribution in [3.63, 3.8) is 0 Å². The second kappa shape index (κ2) is 16.8. The topological polar surface area (TPSA) is 284 Å². The molecule has 0 unspecified atom stereocenters. The predicted octanol–water partition coefficient (Wildman–Crippen LogP) is -0.357. The van der Waals surface area contributed by atoms with Crippen molar-refractivity contribution in [2.75, 3.05) is 26.4 Å². The summed E-state index contributed by atoms with van der Waals surface area (Å²) in [4.78, 5) is 12.5. The van der Waals surface area contributed by atoms with Gasteiger partial charge < -0.3 is 89.0 Å². The van der Waals surface area contributed by atoms with Gasteiger partial charge in [-0.15, -0.1) is 0 Å². The highest BCUT2D eigenvalue weighted by Crippen LogP contribution is 2.80. The first-order chi connectivity index (χ1) is 30.5. The maximum atomic E-state index is 12.5. The number of fused-ring (bicyclic) bond motifs is 4. The van der Waals surface area contributed by atoms with E-state index in [0.29, 0.717) is 25.4 Å². The van der Waals surface area contributed by atoms with Crippen LogP contribution in [0.5, 0.6) is 0 Å². The van der Waals surface area contributed by atoms with Crippen molar-refractivity contribution >= 4 is 6.29 Å². The monoisotopic (exact) mass is 929 g/mol. The minimum absolute atomic E-state index is 0.0998. The van der Waals surface area contributed by atoms with Crippen LogP contribution in [0.1, 0.15) is 106 Å². The molecule has 372 valence electrons. The summed E-state index contributed by atoms with van der Waals surface area (Å²) in [5.74, 6) is 0.572. The van der Waals surface area contributed by atoms with Crippen molar-refractivity contribution < 1.29 is 89.0 Å². The first-order valence-corrected chi connectivity index (χ1v) is 24.2. The van der Waals surface area contributed by atoms with Crippen molar-refractivity contribution in [1.82, 2.24) is 0 Å². The Morgan fingerprint density at radius 2 is 1.23 bits per heavy atom. The minimum Gasteiger partial charge on any atom is -0.394 e. The number of carbonyl (C=O) groups is 1. The molecular formula is C47H76O18. The van der Waals surface area contributed by atoms with E-state index in [-0.39, 0.29) is 40.1 Å². The molecule has 0 aromatic heterocycles. The van der Waals surface area contributed by atoms with Gasteiger partial charge in [0.05, 0.1) is 44.2 Å². The lowest BCUT2D eigenvalue weighted by molar-refractivity contribution is -0.383. The number of aldehydes is 1. The van der Waals surface area contributed by atoms with E-state index >= 15 is 0 Å². The number of hydrogen-bond acceptors (Lipinski definition) is 18. The normalized spacial score (nSPS) is 58.5. The van der Waals surface area contributed by atoms with E-state index in [1.54, 1.807) is 0 Å². The molecule has 4 saturated heterocycles. The van der Waals surface area contributed by atoms with Gasteiger partial charge in [-0.2, -0.15) is 0 Å². The highest BCUT2D eigenvalue weighted by atomic mass is 16.8. The van der Waals surface area contributed by atoms with Crippen molar-refractivity contribution in [1.29, 1.82) is 0 Å². The Morgan fingerprint density at radius 3 is 1.85 bits per heavy atom. The van der Waals surface area contributed by atoms with Crippen LogP contribution < -0.4 is 0 Å². The average molecular weight is 929 g/mol. The van der Waals surface area contributed by atoms with Crippen LogP contribution in [0.3, 0.4) is 0 Å². The lowest BCUT2D eigenvalue weighted by atomic mass is 9.30. The van der Waals surface area contributed by atoms with Crippen LogP contribution in [0.15, 0.2) is 0 Å². The molecule has 0 aromatic rings. The lowest BCUT2D eigenvalue weighted by Crippen LogP contribution is -2.74. The molecule has 0 radical (unpaired) electrons. The van der Waals surface area contributed by atoms with Gasteiger partial charge in [-0.1, -0.05) is 41.5 Å². The van der Waals surface area contributed by atoms with Crippen LogP contribution >= 0.6 is 0 Å². The zero-order valence-electron chi connectivity index (χ0n) is 38.7. The maximum Gasteiger partial charge on any atom is 0.187 e. The van der Waals surface area contributed by atoms with E-state index in [4.69, 9.17) is 33.2 Å². The molecule has 5 aliphatic carbocycles. The number of aliphatic hydroxyl groups excluding tert-OH is 10. The fourth-order valence-corrected chi connectivity index (χ4v) is 16.2. The predicted molar refractivity (Wildman–Crippen MR) is 224 cm³/mol. The Hall–Kier alpha value is -1.01. The van der Waals surface area contributed by atoms with Crippen LogP contribution in [0.4, 0.5) is 0 Å². The first-order valence-electron chi connectivity index (χ1n) is 24.2. The molecule has 0 aromatic carbocycles. The third kappa shape index (κ3) is 7.00. The summed E-state index contributed by atoms with van der Waals surface area (Å²) in [5, 5.41) is 108. The van der Waals surface area contributed by atoms with Gasteiger partial charge >= 0.3 is 0 Å². The third-order valence-corrected chi connectivity index (χ3v) is 20.2. The molecular weight excluding hydrogens is 852 g/mol. The zero-order chi connectivity index (χ0) is 47.0. The molecule has 18 heteroatoms. The zero-order valence-corrected chi connectivity index (χ0v) is 38.7. The molecule has 9 rings (SSSR count). The second-order valence-electron chi connectivity index (χ2n) is 23.4. The van der Waals surface area contributed by atoms with Gasteiger partial charge in [-0.25, -0.2) is 0 Å². The molecule has 25 atom stereocenters. The fraction of sp³-hybridized carbons (Fsp3) is 0.979. The summed E-state index contributed by atoms with van der Waals surface area (Å²) < 4.78 is 43.7. The molecule has 4 heterocycles. The first kappa shape index (κ1) is 49.0. The Kier molecular flexibility index (Phi) is 12.7. The van der Waals surface area contributed by atoms with E-state index in [1.165, 1.54) is 0 Å². The second-order valence-corrected chi connectivity index (χ2v) is 23.4. The molecule has 9 fully saturated rings. The Labute approximate surface area is 380 Å². The van der Waals surface area contributed by atoms with Crippen LogP contribution in [-0.4, -0.2) is 188 Å². The van der Waals surface area contributed by atoms with E-state index in [2.05, 4.69) is 41.5 Å². The van der Waals surface area contributed by atoms with Gasteiger partial charge in [-0.3, -0.25) is 0 Å². The molecule has 18 nitrogen and oxygen atoms in total. The summed E-state index contributed by atoms with van der Waals surface area (Å²) in [6, 6.07) is 0. The third-order valence-electron chi connectivity index (χ3n) is 20.2. The van der Waals surface area contributed by atoms with E-state index < -0.39 is 128 Å². The van der Waals surface area contributed by atoms with Crippen LogP contribution in [0.2, 0.25) is 0 Å². The summed E-state index contributed by atoms with van der Waals surface area (Å²) in [6.07, 6.45) is -13.9. The summed E-state index contributed by atoms with van der Waals surface area (Å²) in [5.41, 5.74) is -2.30. The van der Waals surface area contributed by atoms with Crippen LogP contribution in [0, 0.1) is 50.2 Å². The van der Waals surface area contributed by atoms with Crippen molar-refractivity contribution in [2.45, 2.75) is 210 Å². The highest BCUT2D eigenvalue weighted by molar-refractivity contribution is 5.59. The number of rotatable bonds is 9. The number of aliphatic hydroxyl groups is 10. The Morgan fingerprint density at radius 1 is 0.615 bits per heavy atom. The van der Waals surface area contributed by atoms with Crippen molar-refractivity contribution in [3.8, 4) is 0 Å². The molecule has 5 saturated carbocycles. The standard InChI is InChI=1S/C47H76O18/c1-41(2)25-7-11-44(5)26(8-12-47-27-15-42(3,20-50)13-14-46(27,21-60-47)28(51)16-45(44,47)6)43(25,4)10-9-29(41)64-40-37(65-39-36(58)34(56)31(53)23(18-49)62-39)32(54)24(19-59-40)63-38-35(57)33(55)30(52)22(17-48)61-38/h20,22-40,48-49,51-58H,7-19,21H2,1-6H3/t22-,23-,24+,25-,26-,27+,28-,29+,30-,31-,32+,33+,34+,35-,36-,37-,38+,39+,40+,42+,43+,44-,45+,46-,47+/m1/s1. The number of ether oxygens (including phenoxy) is 7. The Bertz CT molecular complexity index is 1750. The van der Waals surface area contributed by atoms with Gasteiger partial charge in [0.1, 0.15) is 73.4 Å². The largest absolute Gasteiger partial charge is 0.394 e. The smallest absolute Gasteiger partial charge is 0.187 e. The van der Waals surface area contributed by atoms with Crippen molar-refractivity contribution in [3.05, 3.63) is 0 Å². The molecule has 9 aliphatic rings. The van der Waals surface area contributed by atoms with Gasteiger partial charge in [0.15, 0.2) is 18.9 Å². The minimum atomic E-state index is -1.82. The summed E-state index contributed by atoms with van der Waals surface area (Å²) in [7, 11) is 0. The van der Waals surface area contributed by atoms with E-state index in [9.17, 15) is 55.9 Å². The molecule has 65 heavy (non-hydrogen) atoms. The number of carbonyl (C=O) groups excluding carboxylic acids is 1. The van der Waals surface area contributed by atoms with Gasteiger partial charge in [0.25, 0.3) is 0 Å². The summed E-state index contributed by atoms with van der Waals surface area (Å²) in [6.45, 7) is 12.5. The van der Waals surface area contributed by atoms with Crippen LogP contribution in [-0.2, 0) is 38.0 Å². The van der Waals surface area contributed by atoms with Gasteiger partial charge in [0, 0.05) is 16.2 Å². The SMILES string of the molecule is CC1(C)[C@@H](O[C@@H]2OC[C@H](O[C@@H]3O[C@H](CO)[C@@H](O)[C@H](O)[C@H]3O)[C@H](O)[C@H]2O[C@@H]2O[C@H](CO)[C@@H](O)[C@H](O)[C@H]2O)CC[C@@]2(C)[C@@H]1CC[C@]1(C)[C@@H]2CC[C@]23OC[C@@]4(CC[C@](C)(C=O)C[C@@H]42)[C@H](O)C[C@]31C. The number of hydrogen-bond donors (Lipinski definition) is 10. The van der Waals surface area contributed by atoms with Gasteiger partial charge in [0.2, 0.25) is 0 Å². The molecule has 0 amide bonds. The van der Waals surface area contributed by atoms with Crippen LogP contribution in [0.25, 0.3) is 0 Å². The van der Waals surface area contributed by atoms with Crippen molar-refractivity contribution in [2.24, 2.45) is 50.2 Å². The maximum absolute atomic E-state index is 12.5. The summed E-state index contributed by atoms with van der Waals surface area (Å²) >= 11 is 0. The Balaban J connectivity index is 0.963. The van der Waals surface area contributed by atoms with E-state index in [0.717, 1.165) is 57.7 Å². The van der Waals surface area contributed by atoms with E-state index in [1.807, 2.05) is 0 Å². The van der Waals surface area contributed by atoms with Gasteiger partial charge in [-0.05, 0) is 98.2 Å². The molecule has 10 N–H and O–H groups in total.